The van der Waals surface area contributed by atoms with Crippen LogP contribution in [0.2, 0.25) is 0 Å². The van der Waals surface area contributed by atoms with E-state index in [-0.39, 0.29) is 16.8 Å². The summed E-state index contributed by atoms with van der Waals surface area (Å²) in [5.41, 5.74) is 0. The van der Waals surface area contributed by atoms with Gasteiger partial charge in [0, 0.05) is 12.1 Å². The Morgan fingerprint density at radius 1 is 1.18 bits per heavy atom. The molecule has 3 aliphatic heterocycles. The Morgan fingerprint density at radius 3 is 2.46 bits per heavy atom. The van der Waals surface area contributed by atoms with Gasteiger partial charge in [0.05, 0.1) is 9.77 Å². The first-order valence-corrected chi connectivity index (χ1v) is 11.6. The lowest BCUT2D eigenvalue weighted by Crippen LogP contribution is -2.62. The van der Waals surface area contributed by atoms with Crippen molar-refractivity contribution < 1.29 is 17.9 Å². The third kappa shape index (κ3) is 3.93. The lowest BCUT2D eigenvalue weighted by Gasteiger charge is -2.49. The van der Waals surface area contributed by atoms with Crippen molar-refractivity contribution >= 4 is 27.3 Å². The molecule has 1 amide bonds. The number of fused-ring (bicyclic) bond motifs is 3. The molecule has 150 valence electrons. The van der Waals surface area contributed by atoms with E-state index in [0.29, 0.717) is 27.6 Å². The van der Waals surface area contributed by atoms with Crippen molar-refractivity contribution in [1.29, 1.82) is 0 Å². The van der Waals surface area contributed by atoms with Gasteiger partial charge in [-0.15, -0.1) is 0 Å². The molecule has 3 fully saturated rings. The zero-order valence-corrected chi connectivity index (χ0v) is 17.1. The maximum absolute atomic E-state index is 12.7. The number of carbonyl (C=O) groups excluding carboxylic acids is 1. The molecule has 0 radical (unpaired) electrons. The number of piperidine rings is 3. The van der Waals surface area contributed by atoms with E-state index in [9.17, 15) is 13.2 Å². The molecule has 4 heterocycles. The van der Waals surface area contributed by atoms with Gasteiger partial charge in [0.1, 0.15) is 5.75 Å². The Labute approximate surface area is 168 Å². The average Bonchev–Trinajstić information content (AvgIpc) is 3.13. The average molecular weight is 422 g/mol. The van der Waals surface area contributed by atoms with Gasteiger partial charge in [0.25, 0.3) is 5.91 Å². The standard InChI is InChI=1S/C19H23N3O4S2/c1-12-18(13-8-10-22(12)11-9-13)21-19(23)16-6-7-17(27-16)26-14-2-4-15(5-3-14)28(20,24)25/h2-7,12-13,18H,8-11H2,1H3,(H,21,23)(H2,20,24,25). The van der Waals surface area contributed by atoms with Crippen LogP contribution in [-0.2, 0) is 10.0 Å². The van der Waals surface area contributed by atoms with E-state index in [4.69, 9.17) is 9.88 Å². The van der Waals surface area contributed by atoms with Gasteiger partial charge in [-0.2, -0.15) is 0 Å². The fourth-order valence-corrected chi connectivity index (χ4v) is 5.37. The highest BCUT2D eigenvalue weighted by molar-refractivity contribution is 7.89. The molecule has 3 saturated heterocycles. The molecule has 7 nitrogen and oxygen atoms in total. The summed E-state index contributed by atoms with van der Waals surface area (Å²) >= 11 is 1.26. The monoisotopic (exact) mass is 421 g/mol. The van der Waals surface area contributed by atoms with Gasteiger partial charge in [0.15, 0.2) is 5.06 Å². The van der Waals surface area contributed by atoms with Crippen molar-refractivity contribution in [3.63, 3.8) is 0 Å². The van der Waals surface area contributed by atoms with Crippen molar-refractivity contribution in [2.75, 3.05) is 13.1 Å². The summed E-state index contributed by atoms with van der Waals surface area (Å²) < 4.78 is 28.3. The number of hydrogen-bond donors (Lipinski definition) is 2. The first-order valence-electron chi connectivity index (χ1n) is 9.27. The summed E-state index contributed by atoms with van der Waals surface area (Å²) in [5.74, 6) is 0.958. The third-order valence-electron chi connectivity index (χ3n) is 5.65. The number of carbonyl (C=O) groups is 1. The quantitative estimate of drug-likeness (QED) is 0.772. The Balaban J connectivity index is 1.40. The Bertz CT molecular complexity index is 961. The van der Waals surface area contributed by atoms with E-state index in [1.807, 2.05) is 0 Å². The minimum atomic E-state index is -3.73. The molecule has 3 N–H and O–H groups in total. The molecular formula is C19H23N3O4S2. The number of hydrogen-bond acceptors (Lipinski definition) is 6. The van der Waals surface area contributed by atoms with Crippen molar-refractivity contribution in [3.8, 4) is 10.8 Å². The zero-order chi connectivity index (χ0) is 19.9. The SMILES string of the molecule is CC1C(NC(=O)c2ccc(Oc3ccc(S(N)(=O)=O)cc3)s2)C2CCN1CC2. The Morgan fingerprint density at radius 2 is 1.86 bits per heavy atom. The minimum Gasteiger partial charge on any atom is -0.447 e. The topological polar surface area (TPSA) is 102 Å². The van der Waals surface area contributed by atoms with Crippen molar-refractivity contribution in [2.24, 2.45) is 11.1 Å². The van der Waals surface area contributed by atoms with Crippen LogP contribution in [0.4, 0.5) is 0 Å². The number of ether oxygens (including phenoxy) is 1. The van der Waals surface area contributed by atoms with Crippen LogP contribution in [0.25, 0.3) is 0 Å². The smallest absolute Gasteiger partial charge is 0.261 e. The van der Waals surface area contributed by atoms with Crippen LogP contribution >= 0.6 is 11.3 Å². The van der Waals surface area contributed by atoms with Crippen LogP contribution in [-0.4, -0.2) is 44.4 Å². The number of nitrogens with one attached hydrogen (secondary N) is 1. The van der Waals surface area contributed by atoms with E-state index < -0.39 is 10.0 Å². The van der Waals surface area contributed by atoms with E-state index in [1.54, 1.807) is 12.1 Å². The Kier molecular flexibility index (Phi) is 5.17. The molecule has 1 aromatic carbocycles. The van der Waals surface area contributed by atoms with E-state index in [1.165, 1.54) is 35.6 Å². The highest BCUT2D eigenvalue weighted by Gasteiger charge is 2.40. The van der Waals surface area contributed by atoms with Crippen molar-refractivity contribution in [1.82, 2.24) is 10.2 Å². The normalized spacial score (nSPS) is 26.8. The largest absolute Gasteiger partial charge is 0.447 e. The van der Waals surface area contributed by atoms with Gasteiger partial charge in [-0.3, -0.25) is 9.69 Å². The molecule has 2 unspecified atom stereocenters. The summed E-state index contributed by atoms with van der Waals surface area (Å²) in [6, 6.07) is 9.90. The minimum absolute atomic E-state index is 0.0257. The van der Waals surface area contributed by atoms with Crippen LogP contribution in [0.15, 0.2) is 41.3 Å². The molecular weight excluding hydrogens is 398 g/mol. The number of primary sulfonamides is 1. The van der Waals surface area contributed by atoms with Gasteiger partial charge in [0.2, 0.25) is 10.0 Å². The molecule has 3 aliphatic rings. The van der Waals surface area contributed by atoms with Gasteiger partial charge in [-0.05, 0) is 75.2 Å². The molecule has 28 heavy (non-hydrogen) atoms. The van der Waals surface area contributed by atoms with E-state index in [0.717, 1.165) is 25.9 Å². The number of thiophene rings is 1. The molecule has 2 bridgehead atoms. The van der Waals surface area contributed by atoms with Crippen LogP contribution in [0.3, 0.4) is 0 Å². The molecule has 0 aliphatic carbocycles. The van der Waals surface area contributed by atoms with Gasteiger partial charge >= 0.3 is 0 Å². The second-order valence-electron chi connectivity index (χ2n) is 7.35. The first kappa shape index (κ1) is 19.4. The summed E-state index contributed by atoms with van der Waals surface area (Å²) in [4.78, 5) is 15.8. The van der Waals surface area contributed by atoms with Crippen LogP contribution < -0.4 is 15.2 Å². The zero-order valence-electron chi connectivity index (χ0n) is 15.5. The van der Waals surface area contributed by atoms with Crippen LogP contribution in [0.1, 0.15) is 29.4 Å². The first-order chi connectivity index (χ1) is 13.3. The van der Waals surface area contributed by atoms with E-state index in [2.05, 4.69) is 17.1 Å². The number of sulfonamides is 1. The number of amides is 1. The number of nitrogens with two attached hydrogens (primary N) is 1. The molecule has 1 aromatic heterocycles. The molecule has 9 heteroatoms. The Hall–Kier alpha value is -1.94. The molecule has 5 rings (SSSR count). The molecule has 2 atom stereocenters. The van der Waals surface area contributed by atoms with Crippen molar-refractivity contribution in [3.05, 3.63) is 41.3 Å². The summed E-state index contributed by atoms with van der Waals surface area (Å²) in [7, 11) is -3.73. The fraction of sp³-hybridized carbons (Fsp3) is 0.421. The molecule has 2 aromatic rings. The predicted molar refractivity (Wildman–Crippen MR) is 107 cm³/mol. The van der Waals surface area contributed by atoms with Gasteiger partial charge < -0.3 is 10.1 Å². The summed E-state index contributed by atoms with van der Waals surface area (Å²) in [6.45, 7) is 4.43. The maximum atomic E-state index is 12.7. The predicted octanol–water partition coefficient (Wildman–Crippen LogP) is 2.40. The number of rotatable bonds is 5. The van der Waals surface area contributed by atoms with E-state index >= 15 is 0 Å². The van der Waals surface area contributed by atoms with Gasteiger partial charge in [-0.25, -0.2) is 13.6 Å². The van der Waals surface area contributed by atoms with Gasteiger partial charge in [-0.1, -0.05) is 11.3 Å². The molecule has 0 spiro atoms. The molecule has 0 saturated carbocycles. The van der Waals surface area contributed by atoms with Crippen LogP contribution in [0, 0.1) is 5.92 Å². The second kappa shape index (κ2) is 7.47. The number of benzene rings is 1. The number of nitrogens with zero attached hydrogens (tertiary/aromatic N) is 1. The lowest BCUT2D eigenvalue weighted by atomic mass is 9.79. The lowest BCUT2D eigenvalue weighted by molar-refractivity contribution is 0.0218. The highest BCUT2D eigenvalue weighted by atomic mass is 32.2. The van der Waals surface area contributed by atoms with Crippen LogP contribution in [0.5, 0.6) is 10.8 Å². The van der Waals surface area contributed by atoms with Crippen molar-refractivity contribution in [2.45, 2.75) is 36.7 Å². The second-order valence-corrected chi connectivity index (χ2v) is 9.96. The maximum Gasteiger partial charge on any atom is 0.261 e. The highest BCUT2D eigenvalue weighted by Crippen LogP contribution is 2.33. The fourth-order valence-electron chi connectivity index (χ4n) is 4.08. The summed E-state index contributed by atoms with van der Waals surface area (Å²) in [5, 5.41) is 8.87. The third-order valence-corrected chi connectivity index (χ3v) is 7.54. The summed E-state index contributed by atoms with van der Waals surface area (Å²) in [6.07, 6.45) is 2.28.